The van der Waals surface area contributed by atoms with E-state index in [1.807, 2.05) is 17.0 Å². The molecule has 1 amide bonds. The Bertz CT molecular complexity index is 714. The number of carbonyl (C=O) groups excluding carboxylic acids is 1. The van der Waals surface area contributed by atoms with Crippen LogP contribution in [0.4, 0.5) is 17.1 Å². The van der Waals surface area contributed by atoms with Crippen LogP contribution in [0.25, 0.3) is 0 Å². The molecule has 0 spiro atoms. The second-order valence-corrected chi connectivity index (χ2v) is 6.80. The number of amides is 1. The van der Waals surface area contributed by atoms with Crippen molar-refractivity contribution in [1.82, 2.24) is 9.88 Å². The van der Waals surface area contributed by atoms with Crippen LogP contribution in [0.3, 0.4) is 0 Å². The molecule has 4 rings (SSSR count). The molecule has 2 aromatic rings. The monoisotopic (exact) mass is 336 g/mol. The summed E-state index contributed by atoms with van der Waals surface area (Å²) < 4.78 is 0. The summed E-state index contributed by atoms with van der Waals surface area (Å²) in [4.78, 5) is 21.0. The highest BCUT2D eigenvalue weighted by Crippen LogP contribution is 2.24. The van der Waals surface area contributed by atoms with Gasteiger partial charge in [-0.1, -0.05) is 0 Å². The van der Waals surface area contributed by atoms with Gasteiger partial charge in [0.25, 0.3) is 5.91 Å². The molecular weight excluding hydrogens is 312 g/mol. The average molecular weight is 336 g/mol. The maximum absolute atomic E-state index is 12.3. The van der Waals surface area contributed by atoms with Gasteiger partial charge in [0, 0.05) is 37.6 Å². The fourth-order valence-corrected chi connectivity index (χ4v) is 3.57. The molecule has 0 atom stereocenters. The Morgan fingerprint density at radius 1 is 0.840 bits per heavy atom. The highest BCUT2D eigenvalue weighted by Gasteiger charge is 2.20. The maximum Gasteiger partial charge on any atom is 0.272 e. The summed E-state index contributed by atoms with van der Waals surface area (Å²) >= 11 is 0. The number of aromatic nitrogens is 1. The number of nitrogens with one attached hydrogen (secondary N) is 1. The summed E-state index contributed by atoms with van der Waals surface area (Å²) in [5, 5.41) is 3.35. The van der Waals surface area contributed by atoms with Gasteiger partial charge in [0.1, 0.15) is 5.69 Å². The van der Waals surface area contributed by atoms with E-state index in [1.54, 1.807) is 6.20 Å². The minimum Gasteiger partial charge on any atom is -0.372 e. The molecule has 3 heterocycles. The van der Waals surface area contributed by atoms with Gasteiger partial charge in [0.2, 0.25) is 0 Å². The van der Waals surface area contributed by atoms with Crippen LogP contribution in [0.2, 0.25) is 0 Å². The Labute approximate surface area is 148 Å². The quantitative estimate of drug-likeness (QED) is 0.926. The topological polar surface area (TPSA) is 48.5 Å². The zero-order valence-corrected chi connectivity index (χ0v) is 14.4. The lowest BCUT2D eigenvalue weighted by Crippen LogP contribution is -2.28. The van der Waals surface area contributed by atoms with E-state index in [0.29, 0.717) is 5.69 Å². The fourth-order valence-electron chi connectivity index (χ4n) is 3.57. The van der Waals surface area contributed by atoms with Gasteiger partial charge in [0.05, 0.1) is 11.9 Å². The third-order valence-corrected chi connectivity index (χ3v) is 5.00. The predicted octanol–water partition coefficient (Wildman–Crippen LogP) is 3.66. The van der Waals surface area contributed by atoms with Gasteiger partial charge in [-0.2, -0.15) is 0 Å². The Morgan fingerprint density at radius 2 is 1.48 bits per heavy atom. The van der Waals surface area contributed by atoms with Crippen LogP contribution in [0, 0.1) is 0 Å². The number of likely N-dealkylation sites (tertiary alicyclic amines) is 1. The Kier molecular flexibility index (Phi) is 4.55. The average Bonchev–Trinajstić information content (AvgIpc) is 3.36. The molecule has 1 aromatic heterocycles. The molecular formula is C20H24N4O. The second kappa shape index (κ2) is 7.13. The van der Waals surface area contributed by atoms with Gasteiger partial charge in [-0.3, -0.25) is 4.79 Å². The SMILES string of the molecule is O=C(c1ccc(Nc2ccc(N3CCCC3)cc2)cn1)N1CCCC1. The Balaban J connectivity index is 1.39. The molecule has 2 fully saturated rings. The first-order valence-corrected chi connectivity index (χ1v) is 9.17. The lowest BCUT2D eigenvalue weighted by Gasteiger charge is -2.18. The molecule has 0 unspecified atom stereocenters. The zero-order chi connectivity index (χ0) is 17.1. The van der Waals surface area contributed by atoms with Gasteiger partial charge in [-0.25, -0.2) is 4.98 Å². The number of carbonyl (C=O) groups is 1. The summed E-state index contributed by atoms with van der Waals surface area (Å²) in [5.74, 6) is 0.0408. The van der Waals surface area contributed by atoms with E-state index in [2.05, 4.69) is 39.5 Å². The van der Waals surface area contributed by atoms with E-state index in [0.717, 1.165) is 50.4 Å². The van der Waals surface area contributed by atoms with E-state index in [1.165, 1.54) is 18.5 Å². The molecule has 5 nitrogen and oxygen atoms in total. The molecule has 1 aromatic carbocycles. The van der Waals surface area contributed by atoms with Crippen molar-refractivity contribution in [3.8, 4) is 0 Å². The molecule has 0 aliphatic carbocycles. The summed E-state index contributed by atoms with van der Waals surface area (Å²) in [6.45, 7) is 4.01. The first kappa shape index (κ1) is 15.9. The molecule has 1 N–H and O–H groups in total. The predicted molar refractivity (Wildman–Crippen MR) is 101 cm³/mol. The summed E-state index contributed by atoms with van der Waals surface area (Å²) in [6, 6.07) is 12.2. The molecule has 0 saturated carbocycles. The van der Waals surface area contributed by atoms with Gasteiger partial charge < -0.3 is 15.1 Å². The van der Waals surface area contributed by atoms with Crippen LogP contribution < -0.4 is 10.2 Å². The van der Waals surface area contributed by atoms with Crippen LogP contribution in [-0.2, 0) is 0 Å². The van der Waals surface area contributed by atoms with Gasteiger partial charge in [0.15, 0.2) is 0 Å². The third kappa shape index (κ3) is 3.60. The first-order chi connectivity index (χ1) is 12.3. The smallest absolute Gasteiger partial charge is 0.272 e. The number of benzene rings is 1. The van der Waals surface area contributed by atoms with Gasteiger partial charge in [-0.05, 0) is 62.1 Å². The molecule has 2 aliphatic heterocycles. The maximum atomic E-state index is 12.3. The van der Waals surface area contributed by atoms with E-state index in [4.69, 9.17) is 0 Å². The third-order valence-electron chi connectivity index (χ3n) is 5.00. The lowest BCUT2D eigenvalue weighted by atomic mass is 10.2. The normalized spacial score (nSPS) is 17.1. The van der Waals surface area contributed by atoms with E-state index < -0.39 is 0 Å². The van der Waals surface area contributed by atoms with Crippen molar-refractivity contribution >= 4 is 23.0 Å². The number of pyridine rings is 1. The van der Waals surface area contributed by atoms with Crippen LogP contribution in [0.5, 0.6) is 0 Å². The van der Waals surface area contributed by atoms with Crippen molar-refractivity contribution in [2.75, 3.05) is 36.4 Å². The van der Waals surface area contributed by atoms with Crippen LogP contribution in [0.15, 0.2) is 42.6 Å². The van der Waals surface area contributed by atoms with Crippen molar-refractivity contribution in [2.24, 2.45) is 0 Å². The number of nitrogens with zero attached hydrogens (tertiary/aromatic N) is 3. The lowest BCUT2D eigenvalue weighted by molar-refractivity contribution is 0.0787. The van der Waals surface area contributed by atoms with Crippen molar-refractivity contribution in [3.05, 3.63) is 48.3 Å². The summed E-state index contributed by atoms with van der Waals surface area (Å²) in [6.07, 6.45) is 6.50. The molecule has 25 heavy (non-hydrogen) atoms. The fraction of sp³-hybridized carbons (Fsp3) is 0.400. The van der Waals surface area contributed by atoms with E-state index >= 15 is 0 Å². The van der Waals surface area contributed by atoms with Crippen LogP contribution >= 0.6 is 0 Å². The number of rotatable bonds is 4. The Hall–Kier alpha value is -2.56. The Morgan fingerprint density at radius 3 is 2.12 bits per heavy atom. The largest absolute Gasteiger partial charge is 0.372 e. The van der Waals surface area contributed by atoms with Crippen molar-refractivity contribution in [1.29, 1.82) is 0 Å². The highest BCUT2D eigenvalue weighted by molar-refractivity contribution is 5.92. The summed E-state index contributed by atoms with van der Waals surface area (Å²) in [7, 11) is 0. The number of hydrogen-bond acceptors (Lipinski definition) is 4. The van der Waals surface area contributed by atoms with Crippen LogP contribution in [-0.4, -0.2) is 42.0 Å². The van der Waals surface area contributed by atoms with Crippen molar-refractivity contribution < 1.29 is 4.79 Å². The minimum atomic E-state index is 0.0408. The van der Waals surface area contributed by atoms with Crippen LogP contribution in [0.1, 0.15) is 36.2 Å². The zero-order valence-electron chi connectivity index (χ0n) is 14.4. The van der Waals surface area contributed by atoms with Gasteiger partial charge >= 0.3 is 0 Å². The first-order valence-electron chi connectivity index (χ1n) is 9.17. The number of anilines is 3. The standard InChI is InChI=1S/C20H24N4O/c25-20(24-13-3-4-14-24)19-10-7-17(15-21-19)22-16-5-8-18(9-6-16)23-11-1-2-12-23/h5-10,15,22H,1-4,11-14H2. The molecule has 2 saturated heterocycles. The van der Waals surface area contributed by atoms with E-state index in [9.17, 15) is 4.79 Å². The molecule has 130 valence electrons. The highest BCUT2D eigenvalue weighted by atomic mass is 16.2. The summed E-state index contributed by atoms with van der Waals surface area (Å²) in [5.41, 5.74) is 3.74. The molecule has 0 bridgehead atoms. The minimum absolute atomic E-state index is 0.0408. The second-order valence-electron chi connectivity index (χ2n) is 6.80. The number of hydrogen-bond donors (Lipinski definition) is 1. The van der Waals surface area contributed by atoms with Gasteiger partial charge in [-0.15, -0.1) is 0 Å². The molecule has 0 radical (unpaired) electrons. The molecule has 2 aliphatic rings. The van der Waals surface area contributed by atoms with Crippen molar-refractivity contribution in [2.45, 2.75) is 25.7 Å². The van der Waals surface area contributed by atoms with E-state index in [-0.39, 0.29) is 5.91 Å². The van der Waals surface area contributed by atoms with Crippen molar-refractivity contribution in [3.63, 3.8) is 0 Å². The molecule has 5 heteroatoms.